The van der Waals surface area contributed by atoms with Gasteiger partial charge in [-0.15, -0.1) is 0 Å². The summed E-state index contributed by atoms with van der Waals surface area (Å²) in [5.41, 5.74) is 1.82. The van der Waals surface area contributed by atoms with Crippen molar-refractivity contribution in [3.05, 3.63) is 65.2 Å². The van der Waals surface area contributed by atoms with Gasteiger partial charge < -0.3 is 10.1 Å². The second kappa shape index (κ2) is 5.21. The van der Waals surface area contributed by atoms with Crippen molar-refractivity contribution in [1.82, 2.24) is 5.32 Å². The summed E-state index contributed by atoms with van der Waals surface area (Å²) in [6.45, 7) is 2.47. The molecule has 0 fully saturated rings. The fraction of sp³-hybridized carbons (Fsp3) is 0.250. The van der Waals surface area contributed by atoms with Crippen molar-refractivity contribution in [2.24, 2.45) is 0 Å². The van der Waals surface area contributed by atoms with Crippen LogP contribution in [0.15, 0.2) is 42.5 Å². The van der Waals surface area contributed by atoms with Gasteiger partial charge in [-0.1, -0.05) is 24.3 Å². The molecule has 0 aromatic heterocycles. The number of fused-ring (bicyclic) bond motifs is 1. The van der Waals surface area contributed by atoms with Crippen LogP contribution in [-0.4, -0.2) is 6.61 Å². The molecule has 4 heteroatoms. The number of hydrogen-bond acceptors (Lipinski definition) is 2. The van der Waals surface area contributed by atoms with E-state index in [1.54, 1.807) is 6.07 Å². The highest BCUT2D eigenvalue weighted by Crippen LogP contribution is 2.33. The van der Waals surface area contributed by atoms with Gasteiger partial charge in [-0.2, -0.15) is 0 Å². The van der Waals surface area contributed by atoms with Gasteiger partial charge in [0.05, 0.1) is 6.04 Å². The topological polar surface area (TPSA) is 21.3 Å². The van der Waals surface area contributed by atoms with E-state index in [0.717, 1.165) is 17.4 Å². The molecular formula is C16H15F2NO. The van der Waals surface area contributed by atoms with Crippen LogP contribution >= 0.6 is 0 Å². The Bertz CT molecular complexity index is 630. The highest BCUT2D eigenvalue weighted by molar-refractivity contribution is 5.39. The zero-order chi connectivity index (χ0) is 14.1. The van der Waals surface area contributed by atoms with Crippen molar-refractivity contribution in [3.8, 4) is 5.75 Å². The minimum atomic E-state index is -0.824. The summed E-state index contributed by atoms with van der Waals surface area (Å²) < 4.78 is 31.8. The average Bonchev–Trinajstić information content (AvgIpc) is 2.85. The van der Waals surface area contributed by atoms with Crippen LogP contribution in [-0.2, 0) is 0 Å². The zero-order valence-electron chi connectivity index (χ0n) is 11.1. The number of nitrogens with one attached hydrogen (secondary N) is 1. The molecule has 0 amide bonds. The maximum Gasteiger partial charge on any atom is 0.159 e. The zero-order valence-corrected chi connectivity index (χ0v) is 11.1. The number of benzene rings is 2. The molecule has 1 aliphatic rings. The lowest BCUT2D eigenvalue weighted by Gasteiger charge is -2.19. The van der Waals surface area contributed by atoms with E-state index in [-0.39, 0.29) is 12.1 Å². The van der Waals surface area contributed by atoms with E-state index in [9.17, 15) is 8.78 Å². The maximum atomic E-state index is 13.3. The molecule has 0 radical (unpaired) electrons. The second-order valence-corrected chi connectivity index (χ2v) is 4.96. The van der Waals surface area contributed by atoms with Crippen LogP contribution in [0.4, 0.5) is 8.78 Å². The third-order valence-electron chi connectivity index (χ3n) is 3.59. The SMILES string of the molecule is CC(NC1COc2ccccc21)c1ccc(F)c(F)c1. The minimum absolute atomic E-state index is 0.0642. The number of ether oxygens (including phenoxy) is 1. The predicted molar refractivity (Wildman–Crippen MR) is 72.6 cm³/mol. The van der Waals surface area contributed by atoms with Gasteiger partial charge >= 0.3 is 0 Å². The van der Waals surface area contributed by atoms with Gasteiger partial charge in [0.25, 0.3) is 0 Å². The largest absolute Gasteiger partial charge is 0.491 e. The molecule has 1 N–H and O–H groups in total. The Morgan fingerprint density at radius 1 is 1.15 bits per heavy atom. The third kappa shape index (κ3) is 2.39. The first-order valence-electron chi connectivity index (χ1n) is 6.58. The number of halogens is 2. The van der Waals surface area contributed by atoms with Gasteiger partial charge in [0, 0.05) is 11.6 Å². The van der Waals surface area contributed by atoms with Gasteiger partial charge in [0.2, 0.25) is 0 Å². The van der Waals surface area contributed by atoms with Crippen LogP contribution < -0.4 is 10.1 Å². The predicted octanol–water partition coefficient (Wildman–Crippen LogP) is 3.75. The smallest absolute Gasteiger partial charge is 0.159 e. The molecule has 2 unspecified atom stereocenters. The molecule has 0 saturated heterocycles. The van der Waals surface area contributed by atoms with Crippen molar-refractivity contribution in [2.75, 3.05) is 6.61 Å². The molecule has 2 atom stereocenters. The fourth-order valence-corrected chi connectivity index (χ4v) is 2.48. The Hall–Kier alpha value is -1.94. The van der Waals surface area contributed by atoms with E-state index < -0.39 is 11.6 Å². The van der Waals surface area contributed by atoms with Gasteiger partial charge in [0.1, 0.15) is 12.4 Å². The van der Waals surface area contributed by atoms with Crippen molar-refractivity contribution >= 4 is 0 Å². The van der Waals surface area contributed by atoms with Crippen molar-refractivity contribution in [1.29, 1.82) is 0 Å². The van der Waals surface area contributed by atoms with E-state index in [2.05, 4.69) is 5.32 Å². The standard InChI is InChI=1S/C16H15F2NO/c1-10(11-6-7-13(17)14(18)8-11)19-15-9-20-16-5-3-2-4-12(15)16/h2-8,10,15,19H,9H2,1H3. The van der Waals surface area contributed by atoms with Gasteiger partial charge in [-0.3, -0.25) is 0 Å². The Labute approximate surface area is 116 Å². The van der Waals surface area contributed by atoms with Crippen molar-refractivity contribution < 1.29 is 13.5 Å². The van der Waals surface area contributed by atoms with Crippen LogP contribution in [0.5, 0.6) is 5.75 Å². The van der Waals surface area contributed by atoms with Crippen LogP contribution in [0.3, 0.4) is 0 Å². The van der Waals surface area contributed by atoms with E-state index in [4.69, 9.17) is 4.74 Å². The van der Waals surface area contributed by atoms with Crippen molar-refractivity contribution in [3.63, 3.8) is 0 Å². The monoisotopic (exact) mass is 275 g/mol. The van der Waals surface area contributed by atoms with Crippen LogP contribution in [0.1, 0.15) is 30.1 Å². The lowest BCUT2D eigenvalue weighted by Crippen LogP contribution is -2.25. The fourth-order valence-electron chi connectivity index (χ4n) is 2.48. The van der Waals surface area contributed by atoms with Crippen molar-refractivity contribution in [2.45, 2.75) is 19.0 Å². The molecule has 104 valence electrons. The summed E-state index contributed by atoms with van der Waals surface area (Å²) in [6, 6.07) is 11.8. The summed E-state index contributed by atoms with van der Waals surface area (Å²) in [5.74, 6) is -0.766. The molecule has 1 heterocycles. The summed E-state index contributed by atoms with van der Waals surface area (Å²) in [7, 11) is 0. The Balaban J connectivity index is 1.77. The number of hydrogen-bond donors (Lipinski definition) is 1. The molecule has 1 aliphatic heterocycles. The molecule has 0 bridgehead atoms. The summed E-state index contributed by atoms with van der Waals surface area (Å²) in [5, 5.41) is 3.38. The molecule has 0 saturated carbocycles. The maximum absolute atomic E-state index is 13.3. The molecule has 2 aromatic rings. The minimum Gasteiger partial charge on any atom is -0.491 e. The molecule has 0 aliphatic carbocycles. The molecule has 20 heavy (non-hydrogen) atoms. The Morgan fingerprint density at radius 3 is 2.75 bits per heavy atom. The number of rotatable bonds is 3. The summed E-state index contributed by atoms with van der Waals surface area (Å²) in [6.07, 6.45) is 0. The van der Waals surface area contributed by atoms with E-state index >= 15 is 0 Å². The first kappa shape index (κ1) is 13.1. The van der Waals surface area contributed by atoms with E-state index in [0.29, 0.717) is 12.2 Å². The lowest BCUT2D eigenvalue weighted by atomic mass is 10.0. The lowest BCUT2D eigenvalue weighted by molar-refractivity contribution is 0.300. The molecule has 3 rings (SSSR count). The highest BCUT2D eigenvalue weighted by atomic mass is 19.2. The Kier molecular flexibility index (Phi) is 3.40. The third-order valence-corrected chi connectivity index (χ3v) is 3.59. The number of para-hydroxylation sites is 1. The van der Waals surface area contributed by atoms with Gasteiger partial charge in [-0.05, 0) is 30.7 Å². The first-order valence-corrected chi connectivity index (χ1v) is 6.58. The average molecular weight is 275 g/mol. The molecule has 2 aromatic carbocycles. The van der Waals surface area contributed by atoms with Crippen LogP contribution in [0, 0.1) is 11.6 Å². The van der Waals surface area contributed by atoms with Crippen LogP contribution in [0.2, 0.25) is 0 Å². The van der Waals surface area contributed by atoms with Gasteiger partial charge in [-0.25, -0.2) is 8.78 Å². The molecule has 2 nitrogen and oxygen atoms in total. The van der Waals surface area contributed by atoms with Gasteiger partial charge in [0.15, 0.2) is 11.6 Å². The molecule has 0 spiro atoms. The first-order chi connectivity index (χ1) is 9.65. The van der Waals surface area contributed by atoms with E-state index in [1.807, 2.05) is 31.2 Å². The quantitative estimate of drug-likeness (QED) is 0.921. The summed E-state index contributed by atoms with van der Waals surface area (Å²) in [4.78, 5) is 0. The molecular weight excluding hydrogens is 260 g/mol. The summed E-state index contributed by atoms with van der Waals surface area (Å²) >= 11 is 0. The Morgan fingerprint density at radius 2 is 1.95 bits per heavy atom. The normalized spacial score (nSPS) is 18.4. The van der Waals surface area contributed by atoms with E-state index in [1.165, 1.54) is 6.07 Å². The van der Waals surface area contributed by atoms with Crippen LogP contribution in [0.25, 0.3) is 0 Å². The highest BCUT2D eigenvalue weighted by Gasteiger charge is 2.25. The second-order valence-electron chi connectivity index (χ2n) is 4.96.